The maximum absolute atomic E-state index is 12.1. The Kier molecular flexibility index (Phi) is 5.16. The number of carbonyl (C=O) groups is 1. The fourth-order valence-electron chi connectivity index (χ4n) is 2.29. The van der Waals surface area contributed by atoms with E-state index in [0.717, 1.165) is 25.2 Å². The van der Waals surface area contributed by atoms with Gasteiger partial charge in [-0.25, -0.2) is 0 Å². The van der Waals surface area contributed by atoms with Crippen LogP contribution in [0.3, 0.4) is 0 Å². The SMILES string of the molecule is Cc1cc(C(=O)NC2CCNCC2C)n(C)n1.Cl. The van der Waals surface area contributed by atoms with Gasteiger partial charge in [0.15, 0.2) is 0 Å². The predicted molar refractivity (Wildman–Crippen MR) is 73.1 cm³/mol. The van der Waals surface area contributed by atoms with Gasteiger partial charge in [0.05, 0.1) is 5.69 Å². The molecule has 1 aliphatic heterocycles. The van der Waals surface area contributed by atoms with E-state index in [0.29, 0.717) is 11.6 Å². The van der Waals surface area contributed by atoms with Crippen molar-refractivity contribution < 1.29 is 4.79 Å². The minimum absolute atomic E-state index is 0. The summed E-state index contributed by atoms with van der Waals surface area (Å²) in [6, 6.07) is 2.08. The van der Waals surface area contributed by atoms with Crippen molar-refractivity contribution in [3.63, 3.8) is 0 Å². The number of piperidine rings is 1. The Labute approximate surface area is 114 Å². The van der Waals surface area contributed by atoms with Gasteiger partial charge in [-0.05, 0) is 38.4 Å². The molecule has 2 heterocycles. The van der Waals surface area contributed by atoms with Crippen molar-refractivity contribution in [2.45, 2.75) is 26.3 Å². The summed E-state index contributed by atoms with van der Waals surface area (Å²) < 4.78 is 1.64. The number of nitrogens with zero attached hydrogens (tertiary/aromatic N) is 2. The first-order valence-electron chi connectivity index (χ1n) is 6.10. The van der Waals surface area contributed by atoms with Crippen molar-refractivity contribution in [3.8, 4) is 0 Å². The summed E-state index contributed by atoms with van der Waals surface area (Å²) in [5.41, 5.74) is 1.50. The van der Waals surface area contributed by atoms with Gasteiger partial charge in [-0.3, -0.25) is 9.48 Å². The lowest BCUT2D eigenvalue weighted by Crippen LogP contribution is -2.48. The third kappa shape index (κ3) is 3.23. The zero-order valence-corrected chi connectivity index (χ0v) is 11.9. The third-order valence-electron chi connectivity index (χ3n) is 3.34. The van der Waals surface area contributed by atoms with E-state index in [9.17, 15) is 4.79 Å². The molecular formula is C12H21ClN4O. The van der Waals surface area contributed by atoms with Crippen molar-refractivity contribution in [2.24, 2.45) is 13.0 Å². The lowest BCUT2D eigenvalue weighted by Gasteiger charge is -2.30. The Bertz CT molecular complexity index is 418. The molecule has 2 N–H and O–H groups in total. The summed E-state index contributed by atoms with van der Waals surface area (Å²) in [7, 11) is 1.80. The van der Waals surface area contributed by atoms with Crippen LogP contribution in [0.2, 0.25) is 0 Å². The molecular weight excluding hydrogens is 252 g/mol. The van der Waals surface area contributed by atoms with Gasteiger partial charge in [0.1, 0.15) is 5.69 Å². The number of rotatable bonds is 2. The first kappa shape index (κ1) is 15.0. The molecule has 1 aliphatic rings. The molecule has 2 atom stereocenters. The van der Waals surface area contributed by atoms with Gasteiger partial charge in [0.25, 0.3) is 5.91 Å². The molecule has 0 saturated carbocycles. The quantitative estimate of drug-likeness (QED) is 0.840. The zero-order valence-electron chi connectivity index (χ0n) is 11.1. The number of amides is 1. The molecule has 18 heavy (non-hydrogen) atoms. The van der Waals surface area contributed by atoms with Crippen LogP contribution >= 0.6 is 12.4 Å². The number of hydrogen-bond donors (Lipinski definition) is 2. The van der Waals surface area contributed by atoms with E-state index >= 15 is 0 Å². The highest BCUT2D eigenvalue weighted by molar-refractivity contribution is 5.92. The Morgan fingerprint density at radius 2 is 2.33 bits per heavy atom. The summed E-state index contributed by atoms with van der Waals surface area (Å²) in [4.78, 5) is 12.1. The van der Waals surface area contributed by atoms with Crippen LogP contribution < -0.4 is 10.6 Å². The van der Waals surface area contributed by atoms with E-state index in [-0.39, 0.29) is 24.4 Å². The minimum atomic E-state index is -0.0214. The number of aryl methyl sites for hydroxylation is 2. The van der Waals surface area contributed by atoms with Crippen molar-refractivity contribution in [2.75, 3.05) is 13.1 Å². The largest absolute Gasteiger partial charge is 0.348 e. The lowest BCUT2D eigenvalue weighted by molar-refractivity contribution is 0.0904. The first-order valence-corrected chi connectivity index (χ1v) is 6.10. The Balaban J connectivity index is 0.00000162. The van der Waals surface area contributed by atoms with Crippen LogP contribution in [0.25, 0.3) is 0 Å². The van der Waals surface area contributed by atoms with Crippen LogP contribution in [-0.4, -0.2) is 34.8 Å². The second-order valence-electron chi connectivity index (χ2n) is 4.84. The molecule has 1 saturated heterocycles. The molecule has 6 heteroatoms. The van der Waals surface area contributed by atoms with E-state index < -0.39 is 0 Å². The Morgan fingerprint density at radius 3 is 2.89 bits per heavy atom. The van der Waals surface area contributed by atoms with Gasteiger partial charge in [-0.1, -0.05) is 6.92 Å². The second-order valence-corrected chi connectivity index (χ2v) is 4.84. The monoisotopic (exact) mass is 272 g/mol. The Hall–Kier alpha value is -1.07. The maximum atomic E-state index is 12.1. The van der Waals surface area contributed by atoms with Crippen LogP contribution in [0, 0.1) is 12.8 Å². The Morgan fingerprint density at radius 1 is 1.61 bits per heavy atom. The van der Waals surface area contributed by atoms with E-state index in [2.05, 4.69) is 22.7 Å². The van der Waals surface area contributed by atoms with Gasteiger partial charge < -0.3 is 10.6 Å². The summed E-state index contributed by atoms with van der Waals surface area (Å²) in [5.74, 6) is 0.453. The second kappa shape index (κ2) is 6.20. The zero-order chi connectivity index (χ0) is 12.4. The molecule has 1 fully saturated rings. The minimum Gasteiger partial charge on any atom is -0.348 e. The highest BCUT2D eigenvalue weighted by atomic mass is 35.5. The van der Waals surface area contributed by atoms with Crippen molar-refractivity contribution in [1.29, 1.82) is 0 Å². The molecule has 0 radical (unpaired) electrons. The summed E-state index contributed by atoms with van der Waals surface area (Å²) >= 11 is 0. The normalized spacial score (nSPS) is 23.3. The molecule has 5 nitrogen and oxygen atoms in total. The van der Waals surface area contributed by atoms with Gasteiger partial charge in [-0.15, -0.1) is 12.4 Å². The summed E-state index contributed by atoms with van der Waals surface area (Å²) in [6.45, 7) is 5.99. The number of carbonyl (C=O) groups excluding carboxylic acids is 1. The first-order chi connectivity index (χ1) is 8.08. The fraction of sp³-hybridized carbons (Fsp3) is 0.667. The van der Waals surface area contributed by atoms with E-state index in [1.54, 1.807) is 11.7 Å². The lowest BCUT2D eigenvalue weighted by atomic mass is 9.95. The van der Waals surface area contributed by atoms with Gasteiger partial charge in [-0.2, -0.15) is 5.10 Å². The average molecular weight is 273 g/mol. The number of aromatic nitrogens is 2. The van der Waals surface area contributed by atoms with E-state index in [1.807, 2.05) is 13.0 Å². The molecule has 1 aromatic rings. The van der Waals surface area contributed by atoms with Gasteiger partial charge in [0.2, 0.25) is 0 Å². The number of hydrogen-bond acceptors (Lipinski definition) is 3. The predicted octanol–water partition coefficient (Wildman–Crippen LogP) is 0.878. The summed E-state index contributed by atoms with van der Waals surface area (Å²) in [5, 5.41) is 10.6. The van der Waals surface area contributed by atoms with Crippen molar-refractivity contribution >= 4 is 18.3 Å². The smallest absolute Gasteiger partial charge is 0.269 e. The standard InChI is InChI=1S/C12H20N4O.ClH/c1-8-7-13-5-4-10(8)14-12(17)11-6-9(2)15-16(11)3;/h6,8,10,13H,4-5,7H2,1-3H3,(H,14,17);1H. The number of halogens is 1. The van der Waals surface area contributed by atoms with Crippen LogP contribution in [0.15, 0.2) is 6.07 Å². The van der Waals surface area contributed by atoms with Crippen molar-refractivity contribution in [3.05, 3.63) is 17.5 Å². The van der Waals surface area contributed by atoms with Gasteiger partial charge in [0, 0.05) is 13.1 Å². The molecule has 0 spiro atoms. The fourth-order valence-corrected chi connectivity index (χ4v) is 2.29. The van der Waals surface area contributed by atoms with Crippen LogP contribution in [0.1, 0.15) is 29.5 Å². The molecule has 2 unspecified atom stereocenters. The van der Waals surface area contributed by atoms with E-state index in [4.69, 9.17) is 0 Å². The highest BCUT2D eigenvalue weighted by Crippen LogP contribution is 2.11. The molecule has 1 amide bonds. The maximum Gasteiger partial charge on any atom is 0.269 e. The molecule has 102 valence electrons. The van der Waals surface area contributed by atoms with Crippen LogP contribution in [-0.2, 0) is 7.05 Å². The topological polar surface area (TPSA) is 59.0 Å². The number of nitrogens with one attached hydrogen (secondary N) is 2. The van der Waals surface area contributed by atoms with Crippen molar-refractivity contribution in [1.82, 2.24) is 20.4 Å². The summed E-state index contributed by atoms with van der Waals surface area (Å²) in [6.07, 6.45) is 0.990. The van der Waals surface area contributed by atoms with Crippen LogP contribution in [0.4, 0.5) is 0 Å². The molecule has 1 aromatic heterocycles. The molecule has 0 aliphatic carbocycles. The molecule has 2 rings (SSSR count). The average Bonchev–Trinajstić information content (AvgIpc) is 2.61. The third-order valence-corrected chi connectivity index (χ3v) is 3.34. The highest BCUT2D eigenvalue weighted by Gasteiger charge is 2.24. The molecule has 0 aromatic carbocycles. The molecule has 0 bridgehead atoms. The van der Waals surface area contributed by atoms with Gasteiger partial charge >= 0.3 is 0 Å². The van der Waals surface area contributed by atoms with E-state index in [1.165, 1.54) is 0 Å². The van der Waals surface area contributed by atoms with Crippen LogP contribution in [0.5, 0.6) is 0 Å².